The van der Waals surface area contributed by atoms with E-state index in [0.29, 0.717) is 12.2 Å². The summed E-state index contributed by atoms with van der Waals surface area (Å²) in [6.45, 7) is 4.00. The van der Waals surface area contributed by atoms with Crippen molar-refractivity contribution in [2.45, 2.75) is 26.7 Å². The Kier molecular flexibility index (Phi) is 3.36. The molecule has 0 spiro atoms. The molecule has 2 N–H and O–H groups in total. The zero-order valence-corrected chi connectivity index (χ0v) is 12.4. The first kappa shape index (κ1) is 13.0. The molecule has 0 radical (unpaired) electrons. The van der Waals surface area contributed by atoms with Crippen molar-refractivity contribution < 1.29 is 0 Å². The molecule has 20 heavy (non-hydrogen) atoms. The summed E-state index contributed by atoms with van der Waals surface area (Å²) < 4.78 is 1.21. The SMILES string of the molecule is CCc1nc(N)c(C)c(Cc2nc3ccccc3s2)n1. The number of nitrogen functional groups attached to an aromatic ring is 1. The molecular weight excluding hydrogens is 268 g/mol. The predicted octanol–water partition coefficient (Wildman–Crippen LogP) is 3.13. The number of fused-ring (bicyclic) bond motifs is 1. The molecule has 5 heteroatoms. The molecule has 2 aromatic heterocycles. The summed E-state index contributed by atoms with van der Waals surface area (Å²) in [6.07, 6.45) is 1.50. The van der Waals surface area contributed by atoms with Crippen LogP contribution in [0.5, 0.6) is 0 Å². The molecule has 0 unspecified atom stereocenters. The highest BCUT2D eigenvalue weighted by Gasteiger charge is 2.11. The van der Waals surface area contributed by atoms with Gasteiger partial charge in [-0.15, -0.1) is 11.3 Å². The van der Waals surface area contributed by atoms with Crippen LogP contribution in [-0.4, -0.2) is 15.0 Å². The molecule has 0 aliphatic rings. The highest BCUT2D eigenvalue weighted by atomic mass is 32.1. The lowest BCUT2D eigenvalue weighted by atomic mass is 10.2. The number of rotatable bonds is 3. The van der Waals surface area contributed by atoms with Gasteiger partial charge in [-0.1, -0.05) is 19.1 Å². The molecule has 0 amide bonds. The van der Waals surface area contributed by atoms with Crippen molar-refractivity contribution in [3.63, 3.8) is 0 Å². The quantitative estimate of drug-likeness (QED) is 0.802. The summed E-state index contributed by atoms with van der Waals surface area (Å²) in [5.74, 6) is 1.37. The number of nitrogens with two attached hydrogens (primary N) is 1. The summed E-state index contributed by atoms with van der Waals surface area (Å²) in [4.78, 5) is 13.5. The van der Waals surface area contributed by atoms with Crippen LogP contribution in [-0.2, 0) is 12.8 Å². The average molecular weight is 284 g/mol. The summed E-state index contributed by atoms with van der Waals surface area (Å²) in [5, 5.41) is 1.06. The third kappa shape index (κ3) is 2.36. The van der Waals surface area contributed by atoms with E-state index in [-0.39, 0.29) is 0 Å². The fourth-order valence-electron chi connectivity index (χ4n) is 2.10. The third-order valence-electron chi connectivity index (χ3n) is 3.30. The van der Waals surface area contributed by atoms with Crippen LogP contribution in [0.15, 0.2) is 24.3 Å². The first-order valence-electron chi connectivity index (χ1n) is 6.63. The number of aryl methyl sites for hydroxylation is 1. The van der Waals surface area contributed by atoms with Crippen LogP contribution in [0.4, 0.5) is 5.82 Å². The van der Waals surface area contributed by atoms with Crippen molar-refractivity contribution in [3.8, 4) is 0 Å². The minimum absolute atomic E-state index is 0.577. The van der Waals surface area contributed by atoms with Gasteiger partial charge in [0.15, 0.2) is 0 Å². The maximum absolute atomic E-state index is 5.96. The number of nitrogens with zero attached hydrogens (tertiary/aromatic N) is 3. The van der Waals surface area contributed by atoms with Crippen LogP contribution in [0.3, 0.4) is 0 Å². The van der Waals surface area contributed by atoms with Crippen LogP contribution in [0.25, 0.3) is 10.2 Å². The molecule has 0 bridgehead atoms. The van der Waals surface area contributed by atoms with Gasteiger partial charge in [-0.2, -0.15) is 0 Å². The normalized spacial score (nSPS) is 11.1. The van der Waals surface area contributed by atoms with E-state index in [9.17, 15) is 0 Å². The van der Waals surface area contributed by atoms with Gasteiger partial charge in [-0.05, 0) is 19.1 Å². The highest BCUT2D eigenvalue weighted by molar-refractivity contribution is 7.18. The van der Waals surface area contributed by atoms with E-state index in [1.165, 1.54) is 4.70 Å². The minimum Gasteiger partial charge on any atom is -0.383 e. The smallest absolute Gasteiger partial charge is 0.130 e. The van der Waals surface area contributed by atoms with E-state index in [1.54, 1.807) is 11.3 Å². The molecule has 102 valence electrons. The molecule has 2 heterocycles. The molecule has 0 aliphatic carbocycles. The first-order chi connectivity index (χ1) is 9.67. The van der Waals surface area contributed by atoms with Crippen LogP contribution in [0.2, 0.25) is 0 Å². The van der Waals surface area contributed by atoms with E-state index >= 15 is 0 Å². The van der Waals surface area contributed by atoms with Gasteiger partial charge in [0, 0.05) is 18.4 Å². The van der Waals surface area contributed by atoms with Crippen molar-refractivity contribution in [2.24, 2.45) is 0 Å². The van der Waals surface area contributed by atoms with Crippen molar-refractivity contribution in [1.29, 1.82) is 0 Å². The van der Waals surface area contributed by atoms with Gasteiger partial charge in [0.2, 0.25) is 0 Å². The van der Waals surface area contributed by atoms with Crippen molar-refractivity contribution in [3.05, 3.63) is 46.4 Å². The van der Waals surface area contributed by atoms with Gasteiger partial charge in [0.1, 0.15) is 11.6 Å². The van der Waals surface area contributed by atoms with Gasteiger partial charge < -0.3 is 5.73 Å². The van der Waals surface area contributed by atoms with Gasteiger partial charge in [0.05, 0.1) is 20.9 Å². The Morgan fingerprint density at radius 3 is 2.70 bits per heavy atom. The summed E-state index contributed by atoms with van der Waals surface area (Å²) in [7, 11) is 0. The Balaban J connectivity index is 1.99. The summed E-state index contributed by atoms with van der Waals surface area (Å²) in [5.41, 5.74) is 8.94. The highest BCUT2D eigenvalue weighted by Crippen LogP contribution is 2.24. The largest absolute Gasteiger partial charge is 0.383 e. The number of aromatic nitrogens is 3. The van der Waals surface area contributed by atoms with Crippen LogP contribution < -0.4 is 5.73 Å². The van der Waals surface area contributed by atoms with Crippen LogP contribution in [0.1, 0.15) is 29.0 Å². The van der Waals surface area contributed by atoms with E-state index in [0.717, 1.165) is 34.0 Å². The number of para-hydroxylation sites is 1. The van der Waals surface area contributed by atoms with E-state index in [1.807, 2.05) is 32.0 Å². The molecule has 4 nitrogen and oxygen atoms in total. The lowest BCUT2D eigenvalue weighted by Gasteiger charge is -2.07. The number of anilines is 1. The third-order valence-corrected chi connectivity index (χ3v) is 4.34. The maximum atomic E-state index is 5.96. The standard InChI is InChI=1S/C15H16N4S/c1-3-13-17-11(9(2)15(16)19-13)8-14-18-10-6-4-5-7-12(10)20-14/h4-7H,3,8H2,1-2H3,(H2,16,17,19). The Labute approximate surface area is 121 Å². The van der Waals surface area contributed by atoms with E-state index in [4.69, 9.17) is 5.73 Å². The Hall–Kier alpha value is -2.01. The van der Waals surface area contributed by atoms with Gasteiger partial charge in [-0.3, -0.25) is 0 Å². The van der Waals surface area contributed by atoms with Crippen molar-refractivity contribution >= 4 is 27.4 Å². The monoisotopic (exact) mass is 284 g/mol. The van der Waals surface area contributed by atoms with E-state index in [2.05, 4.69) is 21.0 Å². The number of thiazole rings is 1. The number of benzene rings is 1. The second-order valence-electron chi connectivity index (χ2n) is 4.70. The van der Waals surface area contributed by atoms with Crippen LogP contribution in [0, 0.1) is 6.92 Å². The molecule has 0 aliphatic heterocycles. The van der Waals surface area contributed by atoms with Crippen LogP contribution >= 0.6 is 11.3 Å². The average Bonchev–Trinajstić information content (AvgIpc) is 2.85. The first-order valence-corrected chi connectivity index (χ1v) is 7.45. The number of hydrogen-bond donors (Lipinski definition) is 1. The molecule has 0 fully saturated rings. The zero-order valence-electron chi connectivity index (χ0n) is 11.6. The van der Waals surface area contributed by atoms with Crippen molar-refractivity contribution in [1.82, 2.24) is 15.0 Å². The molecule has 0 atom stereocenters. The van der Waals surface area contributed by atoms with Gasteiger partial charge >= 0.3 is 0 Å². The van der Waals surface area contributed by atoms with E-state index < -0.39 is 0 Å². The van der Waals surface area contributed by atoms with Gasteiger partial charge in [0.25, 0.3) is 0 Å². The Bertz CT molecular complexity index is 731. The molecule has 0 saturated heterocycles. The second-order valence-corrected chi connectivity index (χ2v) is 5.82. The lowest BCUT2D eigenvalue weighted by molar-refractivity contribution is 0.887. The fourth-order valence-corrected chi connectivity index (χ4v) is 3.08. The lowest BCUT2D eigenvalue weighted by Crippen LogP contribution is -2.07. The molecule has 0 saturated carbocycles. The molecule has 3 rings (SSSR count). The molecular formula is C15H16N4S. The Morgan fingerprint density at radius 2 is 1.95 bits per heavy atom. The predicted molar refractivity (Wildman–Crippen MR) is 83.0 cm³/mol. The fraction of sp³-hybridized carbons (Fsp3) is 0.267. The topological polar surface area (TPSA) is 64.7 Å². The van der Waals surface area contributed by atoms with Crippen molar-refractivity contribution in [2.75, 3.05) is 5.73 Å². The maximum Gasteiger partial charge on any atom is 0.130 e. The Morgan fingerprint density at radius 1 is 1.15 bits per heavy atom. The second kappa shape index (κ2) is 5.17. The van der Waals surface area contributed by atoms with Gasteiger partial charge in [-0.25, -0.2) is 15.0 Å². The molecule has 1 aromatic carbocycles. The number of hydrogen-bond acceptors (Lipinski definition) is 5. The minimum atomic E-state index is 0.577. The molecule has 3 aromatic rings. The summed E-state index contributed by atoms with van der Waals surface area (Å²) in [6, 6.07) is 8.17. The summed E-state index contributed by atoms with van der Waals surface area (Å²) >= 11 is 1.71. The zero-order chi connectivity index (χ0) is 14.1.